The third-order valence-corrected chi connectivity index (χ3v) is 2.99. The van der Waals surface area contributed by atoms with Gasteiger partial charge in [0.15, 0.2) is 0 Å². The summed E-state index contributed by atoms with van der Waals surface area (Å²) in [6, 6.07) is 12.2. The van der Waals surface area contributed by atoms with Crippen LogP contribution in [0.1, 0.15) is 11.1 Å². The van der Waals surface area contributed by atoms with E-state index in [-0.39, 0.29) is 0 Å². The lowest BCUT2D eigenvalue weighted by Crippen LogP contribution is -1.97. The van der Waals surface area contributed by atoms with Gasteiger partial charge >= 0.3 is 0 Å². The molecule has 0 saturated heterocycles. The van der Waals surface area contributed by atoms with Gasteiger partial charge in [-0.15, -0.1) is 0 Å². The van der Waals surface area contributed by atoms with Gasteiger partial charge in [0.25, 0.3) is 0 Å². The highest BCUT2D eigenvalue weighted by Gasteiger charge is 2.01. The first-order valence-corrected chi connectivity index (χ1v) is 6.24. The van der Waals surface area contributed by atoms with E-state index in [9.17, 15) is 0 Å². The second-order valence-electron chi connectivity index (χ2n) is 4.23. The van der Waals surface area contributed by atoms with Crippen molar-refractivity contribution in [1.82, 2.24) is 0 Å². The summed E-state index contributed by atoms with van der Waals surface area (Å²) >= 11 is 3.49. The Balaban J connectivity index is 2.34. The van der Waals surface area contributed by atoms with Crippen molar-refractivity contribution in [2.24, 2.45) is 0 Å². The number of hydrogen-bond donors (Lipinski definition) is 2. The lowest BCUT2D eigenvalue weighted by Gasteiger charge is -2.11. The minimum Gasteiger partial charge on any atom is -0.397 e. The lowest BCUT2D eigenvalue weighted by molar-refractivity contribution is 1.41. The van der Waals surface area contributed by atoms with E-state index >= 15 is 0 Å². The van der Waals surface area contributed by atoms with E-state index in [1.54, 1.807) is 0 Å². The van der Waals surface area contributed by atoms with Crippen LogP contribution in [0.15, 0.2) is 40.9 Å². The fourth-order valence-electron chi connectivity index (χ4n) is 1.74. The number of nitrogen functional groups attached to an aromatic ring is 1. The van der Waals surface area contributed by atoms with E-state index < -0.39 is 0 Å². The molecular formula is C14H15BrN2. The summed E-state index contributed by atoms with van der Waals surface area (Å²) in [5.41, 5.74) is 11.1. The van der Waals surface area contributed by atoms with Crippen molar-refractivity contribution in [3.8, 4) is 0 Å². The van der Waals surface area contributed by atoms with Gasteiger partial charge in [0, 0.05) is 10.2 Å². The first kappa shape index (κ1) is 12.0. The lowest BCUT2D eigenvalue weighted by atomic mass is 10.1. The molecule has 0 aliphatic rings. The van der Waals surface area contributed by atoms with Gasteiger partial charge in [-0.1, -0.05) is 22.0 Å². The quantitative estimate of drug-likeness (QED) is 0.805. The number of nitrogens with two attached hydrogens (primary N) is 1. The first-order chi connectivity index (χ1) is 8.04. The SMILES string of the molecule is Cc1cc(Br)cc(Nc2cc(C)ccc2N)c1. The average Bonchev–Trinajstić information content (AvgIpc) is 2.22. The van der Waals surface area contributed by atoms with E-state index in [1.807, 2.05) is 24.3 Å². The van der Waals surface area contributed by atoms with Crippen LogP contribution in [0.3, 0.4) is 0 Å². The molecule has 0 spiro atoms. The van der Waals surface area contributed by atoms with Gasteiger partial charge in [0.2, 0.25) is 0 Å². The molecule has 0 saturated carbocycles. The summed E-state index contributed by atoms with van der Waals surface area (Å²) in [5.74, 6) is 0. The van der Waals surface area contributed by atoms with Crippen molar-refractivity contribution >= 4 is 33.0 Å². The Morgan fingerprint density at radius 1 is 1.00 bits per heavy atom. The van der Waals surface area contributed by atoms with Gasteiger partial charge in [0.1, 0.15) is 0 Å². The normalized spacial score (nSPS) is 10.3. The number of aryl methyl sites for hydroxylation is 2. The van der Waals surface area contributed by atoms with Crippen LogP contribution < -0.4 is 11.1 Å². The van der Waals surface area contributed by atoms with Crippen molar-refractivity contribution in [3.63, 3.8) is 0 Å². The summed E-state index contributed by atoms with van der Waals surface area (Å²) < 4.78 is 1.06. The highest BCUT2D eigenvalue weighted by molar-refractivity contribution is 9.10. The standard InChI is InChI=1S/C14H15BrN2/c1-9-3-4-13(16)14(7-9)17-12-6-10(2)5-11(15)8-12/h3-8,17H,16H2,1-2H3. The summed E-state index contributed by atoms with van der Waals surface area (Å²) in [6.07, 6.45) is 0. The Morgan fingerprint density at radius 2 is 1.76 bits per heavy atom. The molecule has 3 heteroatoms. The third-order valence-electron chi connectivity index (χ3n) is 2.53. The van der Waals surface area contributed by atoms with Gasteiger partial charge in [-0.25, -0.2) is 0 Å². The Hall–Kier alpha value is -1.48. The number of hydrogen-bond acceptors (Lipinski definition) is 2. The smallest absolute Gasteiger partial charge is 0.0620 e. The average molecular weight is 291 g/mol. The second-order valence-corrected chi connectivity index (χ2v) is 5.15. The minimum atomic E-state index is 0.758. The van der Waals surface area contributed by atoms with Crippen LogP contribution in [0.25, 0.3) is 0 Å². The molecule has 2 aromatic rings. The highest BCUT2D eigenvalue weighted by atomic mass is 79.9. The van der Waals surface area contributed by atoms with Gasteiger partial charge in [0.05, 0.1) is 11.4 Å². The zero-order valence-corrected chi connectivity index (χ0v) is 11.5. The van der Waals surface area contributed by atoms with Crippen molar-refractivity contribution in [1.29, 1.82) is 0 Å². The molecule has 17 heavy (non-hydrogen) atoms. The Morgan fingerprint density at radius 3 is 2.47 bits per heavy atom. The predicted molar refractivity (Wildman–Crippen MR) is 77.8 cm³/mol. The largest absolute Gasteiger partial charge is 0.397 e. The summed E-state index contributed by atoms with van der Waals surface area (Å²) in [7, 11) is 0. The number of anilines is 3. The third kappa shape index (κ3) is 3.01. The molecule has 0 amide bonds. The van der Waals surface area contributed by atoms with Crippen LogP contribution in [0.5, 0.6) is 0 Å². The van der Waals surface area contributed by atoms with Crippen LogP contribution in [-0.2, 0) is 0 Å². The van der Waals surface area contributed by atoms with E-state index in [4.69, 9.17) is 5.73 Å². The minimum absolute atomic E-state index is 0.758. The van der Waals surface area contributed by atoms with E-state index in [2.05, 4.69) is 47.2 Å². The Labute approximate surface area is 110 Å². The monoisotopic (exact) mass is 290 g/mol. The van der Waals surface area contributed by atoms with E-state index in [1.165, 1.54) is 11.1 Å². The molecule has 0 atom stereocenters. The molecule has 88 valence electrons. The molecule has 2 rings (SSSR count). The van der Waals surface area contributed by atoms with Crippen LogP contribution in [0.2, 0.25) is 0 Å². The second kappa shape index (κ2) is 4.80. The zero-order valence-electron chi connectivity index (χ0n) is 9.92. The number of benzene rings is 2. The Kier molecular flexibility index (Phi) is 3.38. The van der Waals surface area contributed by atoms with E-state index in [0.29, 0.717) is 0 Å². The fraction of sp³-hybridized carbons (Fsp3) is 0.143. The van der Waals surface area contributed by atoms with Crippen molar-refractivity contribution in [3.05, 3.63) is 52.0 Å². The van der Waals surface area contributed by atoms with Crippen molar-refractivity contribution in [2.75, 3.05) is 11.1 Å². The molecule has 0 bridgehead atoms. The Bertz CT molecular complexity index is 530. The first-order valence-electron chi connectivity index (χ1n) is 5.45. The molecule has 3 N–H and O–H groups in total. The molecule has 0 aromatic heterocycles. The summed E-state index contributed by atoms with van der Waals surface area (Å²) in [6.45, 7) is 4.12. The van der Waals surface area contributed by atoms with Crippen LogP contribution in [0.4, 0.5) is 17.1 Å². The topological polar surface area (TPSA) is 38.0 Å². The molecule has 0 aliphatic heterocycles. The van der Waals surface area contributed by atoms with Gasteiger partial charge < -0.3 is 11.1 Å². The number of nitrogens with one attached hydrogen (secondary N) is 1. The van der Waals surface area contributed by atoms with Gasteiger partial charge in [-0.3, -0.25) is 0 Å². The van der Waals surface area contributed by atoms with Crippen LogP contribution in [-0.4, -0.2) is 0 Å². The van der Waals surface area contributed by atoms with Crippen molar-refractivity contribution < 1.29 is 0 Å². The molecule has 2 nitrogen and oxygen atoms in total. The molecule has 2 aromatic carbocycles. The zero-order chi connectivity index (χ0) is 12.4. The van der Waals surface area contributed by atoms with E-state index in [0.717, 1.165) is 21.5 Å². The molecule has 0 fully saturated rings. The number of halogens is 1. The molecular weight excluding hydrogens is 276 g/mol. The van der Waals surface area contributed by atoms with Gasteiger partial charge in [-0.2, -0.15) is 0 Å². The maximum absolute atomic E-state index is 5.94. The molecule has 0 aliphatic carbocycles. The van der Waals surface area contributed by atoms with Crippen LogP contribution in [0, 0.1) is 13.8 Å². The van der Waals surface area contributed by atoms with Crippen molar-refractivity contribution in [2.45, 2.75) is 13.8 Å². The van der Waals surface area contributed by atoms with Crippen LogP contribution >= 0.6 is 15.9 Å². The molecule has 0 radical (unpaired) electrons. The fourth-order valence-corrected chi connectivity index (χ4v) is 2.35. The maximum atomic E-state index is 5.94. The highest BCUT2D eigenvalue weighted by Crippen LogP contribution is 2.26. The predicted octanol–water partition coefficient (Wildman–Crippen LogP) is 4.39. The summed E-state index contributed by atoms with van der Waals surface area (Å²) in [4.78, 5) is 0. The molecule has 0 heterocycles. The maximum Gasteiger partial charge on any atom is 0.0620 e. The summed E-state index contributed by atoms with van der Waals surface area (Å²) in [5, 5.41) is 3.34. The molecule has 0 unspecified atom stereocenters. The van der Waals surface area contributed by atoms with Gasteiger partial charge in [-0.05, 0) is 55.3 Å². The number of rotatable bonds is 2.